The molecule has 0 aromatic heterocycles. The van der Waals surface area contributed by atoms with Crippen LogP contribution in [0.3, 0.4) is 0 Å². The van der Waals surface area contributed by atoms with E-state index < -0.39 is 0 Å². The van der Waals surface area contributed by atoms with E-state index in [9.17, 15) is 4.39 Å². The average molecular weight is 332 g/mol. The lowest BCUT2D eigenvalue weighted by atomic mass is 9.92. The van der Waals surface area contributed by atoms with Crippen LogP contribution < -0.4 is 5.32 Å². The number of hydrogen-bond acceptors (Lipinski definition) is 2. The van der Waals surface area contributed by atoms with Crippen molar-refractivity contribution < 1.29 is 4.39 Å². The molecule has 1 aromatic rings. The molecular weight excluding hydrogens is 313 g/mol. The maximum Gasteiger partial charge on any atom is 0.128 e. The summed E-state index contributed by atoms with van der Waals surface area (Å²) in [6, 6.07) is 3.53. The third-order valence-electron chi connectivity index (χ3n) is 3.37. The van der Waals surface area contributed by atoms with Gasteiger partial charge in [-0.3, -0.25) is 0 Å². The zero-order chi connectivity index (χ0) is 13.1. The van der Waals surface area contributed by atoms with Crippen molar-refractivity contribution in [3.8, 4) is 0 Å². The Kier molecular flexibility index (Phi) is 5.10. The van der Waals surface area contributed by atoms with Crippen LogP contribution in [0.5, 0.6) is 0 Å². The summed E-state index contributed by atoms with van der Waals surface area (Å²) in [6.07, 6.45) is 1.07. The Bertz CT molecular complexity index is 425. The zero-order valence-corrected chi connectivity index (χ0v) is 13.2. The van der Waals surface area contributed by atoms with Crippen molar-refractivity contribution in [3.05, 3.63) is 33.5 Å². The first-order valence-electron chi connectivity index (χ1n) is 6.43. The van der Waals surface area contributed by atoms with Crippen LogP contribution in [0.1, 0.15) is 37.4 Å². The molecule has 1 aromatic carbocycles. The van der Waals surface area contributed by atoms with E-state index in [1.807, 2.05) is 17.8 Å². The Labute approximate surface area is 121 Å². The highest BCUT2D eigenvalue weighted by molar-refractivity contribution is 9.10. The summed E-state index contributed by atoms with van der Waals surface area (Å²) in [4.78, 5) is 0. The van der Waals surface area contributed by atoms with Crippen LogP contribution in [0.4, 0.5) is 4.39 Å². The highest BCUT2D eigenvalue weighted by Crippen LogP contribution is 2.39. The molecule has 1 nitrogen and oxygen atoms in total. The summed E-state index contributed by atoms with van der Waals surface area (Å²) in [6.45, 7) is 5.28. The van der Waals surface area contributed by atoms with Crippen LogP contribution in [-0.2, 0) is 5.75 Å². The molecule has 1 aliphatic heterocycles. The Morgan fingerprint density at radius 1 is 1.50 bits per heavy atom. The fraction of sp³-hybridized carbons (Fsp3) is 0.571. The fourth-order valence-corrected chi connectivity index (χ4v) is 4.29. The molecule has 0 amide bonds. The van der Waals surface area contributed by atoms with Gasteiger partial charge in [-0.2, -0.15) is 11.8 Å². The molecule has 0 bridgehead atoms. The third kappa shape index (κ3) is 2.91. The van der Waals surface area contributed by atoms with Crippen LogP contribution in [0.15, 0.2) is 16.6 Å². The molecule has 0 spiro atoms. The van der Waals surface area contributed by atoms with Gasteiger partial charge in [-0.05, 0) is 42.3 Å². The highest BCUT2D eigenvalue weighted by Gasteiger charge is 2.28. The summed E-state index contributed by atoms with van der Waals surface area (Å²) in [5.41, 5.74) is 1.99. The van der Waals surface area contributed by atoms with Gasteiger partial charge in [-0.15, -0.1) is 0 Å². The Balaban J connectivity index is 2.43. The largest absolute Gasteiger partial charge is 0.310 e. The van der Waals surface area contributed by atoms with Crippen molar-refractivity contribution in [1.82, 2.24) is 5.32 Å². The van der Waals surface area contributed by atoms with Gasteiger partial charge in [0, 0.05) is 21.8 Å². The number of rotatable bonds is 3. The molecule has 2 atom stereocenters. The topological polar surface area (TPSA) is 12.0 Å². The van der Waals surface area contributed by atoms with Gasteiger partial charge < -0.3 is 5.32 Å². The quantitative estimate of drug-likeness (QED) is 0.874. The Morgan fingerprint density at radius 3 is 3.00 bits per heavy atom. The number of nitrogens with one attached hydrogen (secondary N) is 1. The molecule has 0 saturated carbocycles. The highest BCUT2D eigenvalue weighted by atomic mass is 79.9. The number of halogens is 2. The van der Waals surface area contributed by atoms with Gasteiger partial charge in [0.15, 0.2) is 0 Å². The minimum absolute atomic E-state index is 0.0730. The second-order valence-corrected chi connectivity index (χ2v) is 6.73. The van der Waals surface area contributed by atoms with Gasteiger partial charge in [-0.1, -0.05) is 29.8 Å². The molecule has 0 saturated heterocycles. The summed E-state index contributed by atoms with van der Waals surface area (Å²) >= 11 is 5.45. The van der Waals surface area contributed by atoms with E-state index in [0.29, 0.717) is 5.92 Å². The SMILES string of the molecule is CCCNC1c2c(F)ccc(Br)c2CSCC1C. The van der Waals surface area contributed by atoms with Gasteiger partial charge in [0.1, 0.15) is 5.82 Å². The van der Waals surface area contributed by atoms with E-state index in [0.717, 1.165) is 40.1 Å². The van der Waals surface area contributed by atoms with Crippen LogP contribution in [0, 0.1) is 11.7 Å². The summed E-state index contributed by atoms with van der Waals surface area (Å²) in [7, 11) is 0. The molecule has 0 aliphatic carbocycles. The van der Waals surface area contributed by atoms with E-state index >= 15 is 0 Å². The maximum atomic E-state index is 14.2. The van der Waals surface area contributed by atoms with Crippen LogP contribution in [0.25, 0.3) is 0 Å². The zero-order valence-electron chi connectivity index (χ0n) is 10.8. The molecule has 1 N–H and O–H groups in total. The molecule has 1 aliphatic rings. The second-order valence-electron chi connectivity index (χ2n) is 4.85. The predicted octanol–water partition coefficient (Wildman–Crippen LogP) is 4.51. The van der Waals surface area contributed by atoms with Crippen molar-refractivity contribution in [1.29, 1.82) is 0 Å². The summed E-state index contributed by atoms with van der Waals surface area (Å²) in [5.74, 6) is 2.34. The number of benzene rings is 1. The minimum atomic E-state index is -0.0730. The number of fused-ring (bicyclic) bond motifs is 1. The molecule has 100 valence electrons. The molecular formula is C14H19BrFNS. The standard InChI is InChI=1S/C14H19BrFNS/c1-3-6-17-14-9(2)7-18-8-10-11(15)4-5-12(16)13(10)14/h4-5,9,14,17H,3,6-8H2,1-2H3. The van der Waals surface area contributed by atoms with Crippen LogP contribution >= 0.6 is 27.7 Å². The van der Waals surface area contributed by atoms with Crippen molar-refractivity contribution in [2.24, 2.45) is 5.92 Å². The third-order valence-corrected chi connectivity index (χ3v) is 5.37. The van der Waals surface area contributed by atoms with E-state index in [4.69, 9.17) is 0 Å². The number of hydrogen-bond donors (Lipinski definition) is 1. The molecule has 1 heterocycles. The van der Waals surface area contributed by atoms with Gasteiger partial charge >= 0.3 is 0 Å². The van der Waals surface area contributed by atoms with E-state index in [2.05, 4.69) is 35.1 Å². The first-order valence-corrected chi connectivity index (χ1v) is 8.37. The fourth-order valence-electron chi connectivity index (χ4n) is 2.42. The van der Waals surface area contributed by atoms with E-state index in [-0.39, 0.29) is 11.9 Å². The molecule has 4 heteroatoms. The van der Waals surface area contributed by atoms with E-state index in [1.54, 1.807) is 6.07 Å². The van der Waals surface area contributed by atoms with Crippen LogP contribution in [0.2, 0.25) is 0 Å². The van der Waals surface area contributed by atoms with Crippen molar-refractivity contribution in [2.45, 2.75) is 32.1 Å². The van der Waals surface area contributed by atoms with Gasteiger partial charge in [0.2, 0.25) is 0 Å². The van der Waals surface area contributed by atoms with Crippen molar-refractivity contribution >= 4 is 27.7 Å². The normalized spacial score (nSPS) is 23.6. The van der Waals surface area contributed by atoms with Crippen LogP contribution in [-0.4, -0.2) is 12.3 Å². The molecule has 0 fully saturated rings. The molecule has 18 heavy (non-hydrogen) atoms. The average Bonchev–Trinajstić information content (AvgIpc) is 2.52. The van der Waals surface area contributed by atoms with Gasteiger partial charge in [0.05, 0.1) is 0 Å². The van der Waals surface area contributed by atoms with Gasteiger partial charge in [0.25, 0.3) is 0 Å². The minimum Gasteiger partial charge on any atom is -0.310 e. The molecule has 2 unspecified atom stereocenters. The number of thioether (sulfide) groups is 1. The Hall–Kier alpha value is -0.0600. The first-order chi connectivity index (χ1) is 8.65. The first kappa shape index (κ1) is 14.4. The van der Waals surface area contributed by atoms with Crippen molar-refractivity contribution in [3.63, 3.8) is 0 Å². The Morgan fingerprint density at radius 2 is 2.28 bits per heavy atom. The second kappa shape index (κ2) is 6.40. The lowest BCUT2D eigenvalue weighted by Crippen LogP contribution is -2.29. The smallest absolute Gasteiger partial charge is 0.128 e. The summed E-state index contributed by atoms with van der Waals surface area (Å²) in [5, 5.41) is 3.51. The predicted molar refractivity (Wildman–Crippen MR) is 80.5 cm³/mol. The molecule has 0 radical (unpaired) electrons. The summed E-state index contributed by atoms with van der Waals surface area (Å²) < 4.78 is 15.2. The monoisotopic (exact) mass is 331 g/mol. The van der Waals surface area contributed by atoms with Gasteiger partial charge in [-0.25, -0.2) is 4.39 Å². The van der Waals surface area contributed by atoms with E-state index in [1.165, 1.54) is 0 Å². The lowest BCUT2D eigenvalue weighted by molar-refractivity contribution is 0.403. The molecule has 2 rings (SSSR count). The maximum absolute atomic E-state index is 14.2. The lowest BCUT2D eigenvalue weighted by Gasteiger charge is -2.25. The van der Waals surface area contributed by atoms with Crippen molar-refractivity contribution in [2.75, 3.05) is 12.3 Å².